The maximum absolute atomic E-state index is 4.18. The molecule has 0 fully saturated rings. The van der Waals surface area contributed by atoms with Gasteiger partial charge in [-0.1, -0.05) is 18.2 Å². The highest BCUT2D eigenvalue weighted by molar-refractivity contribution is 5.72. The molecule has 18 heavy (non-hydrogen) atoms. The Balaban J connectivity index is 2.16. The second kappa shape index (κ2) is 4.54. The van der Waals surface area contributed by atoms with Gasteiger partial charge in [-0.05, 0) is 60.7 Å². The van der Waals surface area contributed by atoms with Crippen LogP contribution in [0.1, 0.15) is 29.2 Å². The van der Waals surface area contributed by atoms with Gasteiger partial charge in [0.25, 0.3) is 0 Å². The summed E-state index contributed by atoms with van der Waals surface area (Å²) in [6.07, 6.45) is 6.19. The summed E-state index contributed by atoms with van der Waals surface area (Å²) in [5.74, 6) is 0. The Kier molecular flexibility index (Phi) is 2.88. The molecule has 1 aromatic carbocycles. The van der Waals surface area contributed by atoms with E-state index in [1.165, 1.54) is 40.7 Å². The SMILES string of the molecule is CNC1CCc2c(-c3ccncc3C)cccc21. The average Bonchev–Trinajstić information content (AvgIpc) is 2.82. The predicted octanol–water partition coefficient (Wildman–Crippen LogP) is 3.26. The van der Waals surface area contributed by atoms with Gasteiger partial charge < -0.3 is 5.32 Å². The van der Waals surface area contributed by atoms with Gasteiger partial charge in [0.2, 0.25) is 0 Å². The lowest BCUT2D eigenvalue weighted by atomic mass is 9.95. The number of nitrogens with one attached hydrogen (secondary N) is 1. The molecular formula is C16H18N2. The molecule has 1 aliphatic rings. The number of nitrogens with zero attached hydrogens (tertiary/aromatic N) is 1. The molecule has 1 aliphatic carbocycles. The zero-order chi connectivity index (χ0) is 12.5. The number of fused-ring (bicyclic) bond motifs is 1. The molecule has 0 amide bonds. The molecule has 1 heterocycles. The molecule has 2 aromatic rings. The van der Waals surface area contributed by atoms with Gasteiger partial charge in [-0.15, -0.1) is 0 Å². The average molecular weight is 238 g/mol. The number of benzene rings is 1. The lowest BCUT2D eigenvalue weighted by Crippen LogP contribution is -2.12. The summed E-state index contributed by atoms with van der Waals surface area (Å²) in [4.78, 5) is 4.18. The van der Waals surface area contributed by atoms with Crippen LogP contribution in [0.15, 0.2) is 36.7 Å². The van der Waals surface area contributed by atoms with E-state index in [1.807, 2.05) is 19.4 Å². The van der Waals surface area contributed by atoms with E-state index in [4.69, 9.17) is 0 Å². The Labute approximate surface area is 108 Å². The third-order valence-corrected chi connectivity index (χ3v) is 3.93. The summed E-state index contributed by atoms with van der Waals surface area (Å²) >= 11 is 0. The van der Waals surface area contributed by atoms with Gasteiger partial charge >= 0.3 is 0 Å². The maximum atomic E-state index is 4.18. The first kappa shape index (κ1) is 11.4. The number of aryl methyl sites for hydroxylation is 1. The number of pyridine rings is 1. The van der Waals surface area contributed by atoms with Crippen LogP contribution in [0.25, 0.3) is 11.1 Å². The second-order valence-corrected chi connectivity index (χ2v) is 4.94. The van der Waals surface area contributed by atoms with E-state index in [1.54, 1.807) is 0 Å². The maximum Gasteiger partial charge on any atom is 0.0323 e. The first-order chi connectivity index (χ1) is 8.81. The molecule has 92 valence electrons. The molecule has 0 saturated heterocycles. The van der Waals surface area contributed by atoms with Crippen LogP contribution < -0.4 is 5.32 Å². The topological polar surface area (TPSA) is 24.9 Å². The standard InChI is InChI=1S/C16H18N2/c1-11-10-18-9-8-12(11)13-4-3-5-15-14(13)6-7-16(15)17-2/h3-5,8-10,16-17H,6-7H2,1-2H3. The number of rotatable bonds is 2. The minimum absolute atomic E-state index is 0.516. The zero-order valence-corrected chi connectivity index (χ0v) is 10.9. The smallest absolute Gasteiger partial charge is 0.0323 e. The van der Waals surface area contributed by atoms with Crippen molar-refractivity contribution >= 4 is 0 Å². The minimum Gasteiger partial charge on any atom is -0.313 e. The third-order valence-electron chi connectivity index (χ3n) is 3.93. The van der Waals surface area contributed by atoms with Gasteiger partial charge in [0.15, 0.2) is 0 Å². The molecule has 0 bridgehead atoms. The predicted molar refractivity (Wildman–Crippen MR) is 74.5 cm³/mol. The third kappa shape index (κ3) is 1.73. The summed E-state index contributed by atoms with van der Waals surface area (Å²) in [6.45, 7) is 2.13. The van der Waals surface area contributed by atoms with Crippen LogP contribution in [0.5, 0.6) is 0 Å². The molecule has 1 aromatic heterocycles. The Morgan fingerprint density at radius 1 is 1.22 bits per heavy atom. The number of hydrogen-bond acceptors (Lipinski definition) is 2. The van der Waals surface area contributed by atoms with E-state index in [9.17, 15) is 0 Å². The van der Waals surface area contributed by atoms with Crippen molar-refractivity contribution in [2.75, 3.05) is 7.05 Å². The van der Waals surface area contributed by atoms with Gasteiger partial charge in [-0.3, -0.25) is 4.98 Å². The summed E-state index contributed by atoms with van der Waals surface area (Å²) in [5.41, 5.74) is 6.92. The monoisotopic (exact) mass is 238 g/mol. The van der Waals surface area contributed by atoms with Crippen molar-refractivity contribution in [3.05, 3.63) is 53.3 Å². The van der Waals surface area contributed by atoms with E-state index >= 15 is 0 Å². The van der Waals surface area contributed by atoms with E-state index < -0.39 is 0 Å². The summed E-state index contributed by atoms with van der Waals surface area (Å²) < 4.78 is 0. The first-order valence-electron chi connectivity index (χ1n) is 6.51. The quantitative estimate of drug-likeness (QED) is 0.868. The van der Waals surface area contributed by atoms with Gasteiger partial charge in [0.1, 0.15) is 0 Å². The summed E-state index contributed by atoms with van der Waals surface area (Å²) in [7, 11) is 2.05. The van der Waals surface area contributed by atoms with Crippen LogP contribution in [-0.2, 0) is 6.42 Å². The lowest BCUT2D eigenvalue weighted by Gasteiger charge is -2.13. The summed E-state index contributed by atoms with van der Waals surface area (Å²) in [6, 6.07) is 9.30. The molecule has 0 radical (unpaired) electrons. The molecule has 0 aliphatic heterocycles. The van der Waals surface area contributed by atoms with Gasteiger partial charge in [-0.2, -0.15) is 0 Å². The van der Waals surface area contributed by atoms with Gasteiger partial charge in [0.05, 0.1) is 0 Å². The largest absolute Gasteiger partial charge is 0.313 e. The Hall–Kier alpha value is -1.67. The highest BCUT2D eigenvalue weighted by Gasteiger charge is 2.23. The van der Waals surface area contributed by atoms with Crippen LogP contribution >= 0.6 is 0 Å². The van der Waals surface area contributed by atoms with E-state index in [-0.39, 0.29) is 0 Å². The molecule has 2 heteroatoms. The van der Waals surface area contributed by atoms with Gasteiger partial charge in [-0.25, -0.2) is 0 Å². The van der Waals surface area contributed by atoms with Crippen LogP contribution in [-0.4, -0.2) is 12.0 Å². The Morgan fingerprint density at radius 3 is 2.89 bits per heavy atom. The first-order valence-corrected chi connectivity index (χ1v) is 6.51. The van der Waals surface area contributed by atoms with E-state index in [0.717, 1.165) is 0 Å². The van der Waals surface area contributed by atoms with Crippen LogP contribution in [0.3, 0.4) is 0 Å². The highest BCUT2D eigenvalue weighted by atomic mass is 14.9. The molecule has 3 rings (SSSR count). The lowest BCUT2D eigenvalue weighted by molar-refractivity contribution is 0.590. The zero-order valence-electron chi connectivity index (χ0n) is 10.9. The van der Waals surface area contributed by atoms with Crippen molar-refractivity contribution in [1.29, 1.82) is 0 Å². The Bertz CT molecular complexity index is 575. The van der Waals surface area contributed by atoms with E-state index in [0.29, 0.717) is 6.04 Å². The molecule has 0 spiro atoms. The second-order valence-electron chi connectivity index (χ2n) is 4.94. The summed E-state index contributed by atoms with van der Waals surface area (Å²) in [5, 5.41) is 3.40. The van der Waals surface area contributed by atoms with Gasteiger partial charge in [0, 0.05) is 18.4 Å². The fraction of sp³-hybridized carbons (Fsp3) is 0.312. The minimum atomic E-state index is 0.516. The fourth-order valence-corrected chi connectivity index (χ4v) is 2.98. The van der Waals surface area contributed by atoms with Crippen molar-refractivity contribution in [1.82, 2.24) is 10.3 Å². The number of aromatic nitrogens is 1. The van der Waals surface area contributed by atoms with Crippen LogP contribution in [0, 0.1) is 6.92 Å². The highest BCUT2D eigenvalue weighted by Crippen LogP contribution is 2.38. The fourth-order valence-electron chi connectivity index (χ4n) is 2.98. The number of hydrogen-bond donors (Lipinski definition) is 1. The molecule has 1 atom stereocenters. The normalized spacial score (nSPS) is 17.8. The van der Waals surface area contributed by atoms with Crippen molar-refractivity contribution < 1.29 is 0 Å². The molecule has 1 unspecified atom stereocenters. The van der Waals surface area contributed by atoms with Crippen LogP contribution in [0.2, 0.25) is 0 Å². The Morgan fingerprint density at radius 2 is 2.11 bits per heavy atom. The van der Waals surface area contributed by atoms with Crippen molar-refractivity contribution in [3.63, 3.8) is 0 Å². The molecule has 0 saturated carbocycles. The van der Waals surface area contributed by atoms with Crippen molar-refractivity contribution in [2.45, 2.75) is 25.8 Å². The van der Waals surface area contributed by atoms with Crippen LogP contribution in [0.4, 0.5) is 0 Å². The molecule has 2 nitrogen and oxygen atoms in total. The molecular weight excluding hydrogens is 220 g/mol. The molecule has 1 N–H and O–H groups in total. The van der Waals surface area contributed by atoms with Crippen molar-refractivity contribution in [2.24, 2.45) is 0 Å². The van der Waals surface area contributed by atoms with Crippen molar-refractivity contribution in [3.8, 4) is 11.1 Å². The van der Waals surface area contributed by atoms with E-state index in [2.05, 4.69) is 41.5 Å².